The van der Waals surface area contributed by atoms with Crippen LogP contribution in [0.25, 0.3) is 0 Å². The highest BCUT2D eigenvalue weighted by Gasteiger charge is 2.28. The molecule has 0 bridgehead atoms. The maximum Gasteiger partial charge on any atom is 0.242 e. The number of hydrogen-bond acceptors (Lipinski definition) is 4. The van der Waals surface area contributed by atoms with E-state index in [4.69, 9.17) is 9.47 Å². The molecule has 2 amide bonds. The average molecular weight is 443 g/mol. The Morgan fingerprint density at radius 2 is 1.78 bits per heavy atom. The van der Waals surface area contributed by atoms with Crippen LogP contribution < -0.4 is 14.8 Å². The molecule has 3 rings (SSSR count). The van der Waals surface area contributed by atoms with Gasteiger partial charge in [0.2, 0.25) is 11.8 Å². The fraction of sp³-hybridized carbons (Fsp3) is 0.440. The molecule has 0 fully saturated rings. The van der Waals surface area contributed by atoms with Crippen molar-refractivity contribution in [3.63, 3.8) is 0 Å². The van der Waals surface area contributed by atoms with Crippen LogP contribution in [0.15, 0.2) is 42.5 Å². The Bertz CT molecular complexity index is 971. The smallest absolute Gasteiger partial charge is 0.242 e. The van der Waals surface area contributed by atoms with Crippen molar-refractivity contribution < 1.29 is 23.5 Å². The molecule has 0 spiro atoms. The molecule has 1 N–H and O–H groups in total. The largest absolute Gasteiger partial charge is 0.486 e. The van der Waals surface area contributed by atoms with Crippen LogP contribution in [0, 0.1) is 5.82 Å². The molecule has 0 saturated heterocycles. The number of rotatable bonds is 7. The SMILES string of the molecule is C[C@H](C(=O)NC(C)(C)C)N(Cc1ccccc1F)C(=O)CCc1ccc2c(c1)OCCO2. The van der Waals surface area contributed by atoms with E-state index in [0.717, 1.165) is 5.56 Å². The van der Waals surface area contributed by atoms with E-state index in [9.17, 15) is 14.0 Å². The fourth-order valence-corrected chi connectivity index (χ4v) is 3.50. The van der Waals surface area contributed by atoms with E-state index in [0.29, 0.717) is 36.7 Å². The molecular weight excluding hydrogens is 411 g/mol. The Balaban J connectivity index is 1.74. The number of amides is 2. The highest BCUT2D eigenvalue weighted by molar-refractivity contribution is 5.87. The first-order chi connectivity index (χ1) is 15.1. The van der Waals surface area contributed by atoms with Gasteiger partial charge >= 0.3 is 0 Å². The van der Waals surface area contributed by atoms with Crippen molar-refractivity contribution >= 4 is 11.8 Å². The first-order valence-electron chi connectivity index (χ1n) is 10.9. The van der Waals surface area contributed by atoms with E-state index in [1.165, 1.54) is 11.0 Å². The summed E-state index contributed by atoms with van der Waals surface area (Å²) in [6.45, 7) is 8.33. The summed E-state index contributed by atoms with van der Waals surface area (Å²) in [6.07, 6.45) is 0.651. The van der Waals surface area contributed by atoms with E-state index < -0.39 is 17.4 Å². The minimum absolute atomic E-state index is 0.0192. The lowest BCUT2D eigenvalue weighted by molar-refractivity contribution is -0.141. The maximum atomic E-state index is 14.3. The van der Waals surface area contributed by atoms with Gasteiger partial charge in [0, 0.05) is 24.1 Å². The van der Waals surface area contributed by atoms with Gasteiger partial charge in [0.1, 0.15) is 25.1 Å². The van der Waals surface area contributed by atoms with Gasteiger partial charge in [0.15, 0.2) is 11.5 Å². The molecule has 172 valence electrons. The number of benzene rings is 2. The molecule has 0 unspecified atom stereocenters. The molecule has 0 aromatic heterocycles. The summed E-state index contributed by atoms with van der Waals surface area (Å²) in [5, 5.41) is 2.91. The molecule has 0 radical (unpaired) electrons. The van der Waals surface area contributed by atoms with Gasteiger partial charge in [0.05, 0.1) is 0 Å². The van der Waals surface area contributed by atoms with Crippen LogP contribution >= 0.6 is 0 Å². The second-order valence-electron chi connectivity index (χ2n) is 9.01. The van der Waals surface area contributed by atoms with Gasteiger partial charge in [-0.3, -0.25) is 9.59 Å². The second-order valence-corrected chi connectivity index (χ2v) is 9.01. The Morgan fingerprint density at radius 1 is 1.09 bits per heavy atom. The Hall–Kier alpha value is -3.09. The molecule has 2 aromatic rings. The van der Waals surface area contributed by atoms with Crippen molar-refractivity contribution in [1.82, 2.24) is 10.2 Å². The standard InChI is InChI=1S/C25H31FN2O4/c1-17(24(30)27-25(2,3)4)28(16-19-7-5-6-8-20(19)26)23(29)12-10-18-9-11-21-22(15-18)32-14-13-31-21/h5-9,11,15,17H,10,12-14,16H2,1-4H3,(H,27,30)/t17-/m1/s1. The molecular formula is C25H31FN2O4. The molecule has 0 saturated carbocycles. The third kappa shape index (κ3) is 6.22. The lowest BCUT2D eigenvalue weighted by Gasteiger charge is -2.31. The summed E-state index contributed by atoms with van der Waals surface area (Å²) in [5.74, 6) is 0.462. The van der Waals surface area contributed by atoms with Gasteiger partial charge in [0.25, 0.3) is 0 Å². The summed E-state index contributed by atoms with van der Waals surface area (Å²) in [5.41, 5.74) is 0.860. The van der Waals surface area contributed by atoms with Crippen molar-refractivity contribution in [3.05, 3.63) is 59.4 Å². The van der Waals surface area contributed by atoms with E-state index in [1.807, 2.05) is 39.0 Å². The highest BCUT2D eigenvalue weighted by Crippen LogP contribution is 2.31. The fourth-order valence-electron chi connectivity index (χ4n) is 3.50. The normalized spacial score (nSPS) is 13.9. The lowest BCUT2D eigenvalue weighted by Crippen LogP contribution is -2.52. The number of nitrogens with one attached hydrogen (secondary N) is 1. The molecule has 32 heavy (non-hydrogen) atoms. The van der Waals surface area contributed by atoms with E-state index >= 15 is 0 Å². The monoisotopic (exact) mass is 442 g/mol. The van der Waals surface area contributed by atoms with Crippen LogP contribution in [-0.2, 0) is 22.6 Å². The van der Waals surface area contributed by atoms with Gasteiger partial charge in [-0.05, 0) is 57.9 Å². The first-order valence-corrected chi connectivity index (χ1v) is 10.9. The average Bonchev–Trinajstić information content (AvgIpc) is 2.75. The van der Waals surface area contributed by atoms with E-state index in [1.54, 1.807) is 25.1 Å². The third-order valence-electron chi connectivity index (χ3n) is 5.20. The third-order valence-corrected chi connectivity index (χ3v) is 5.20. The molecule has 7 heteroatoms. The predicted octanol–water partition coefficient (Wildman–Crippen LogP) is 3.86. The quantitative estimate of drug-likeness (QED) is 0.707. The van der Waals surface area contributed by atoms with Crippen LogP contribution in [0.5, 0.6) is 11.5 Å². The van der Waals surface area contributed by atoms with Crippen LogP contribution in [0.3, 0.4) is 0 Å². The molecule has 1 aliphatic rings. The van der Waals surface area contributed by atoms with Gasteiger partial charge in [-0.1, -0.05) is 24.3 Å². The molecule has 1 atom stereocenters. The van der Waals surface area contributed by atoms with E-state index in [-0.39, 0.29) is 24.8 Å². The van der Waals surface area contributed by atoms with E-state index in [2.05, 4.69) is 5.32 Å². The van der Waals surface area contributed by atoms with Crippen molar-refractivity contribution in [1.29, 1.82) is 0 Å². The van der Waals surface area contributed by atoms with Crippen LogP contribution in [-0.4, -0.2) is 41.5 Å². The summed E-state index contributed by atoms with van der Waals surface area (Å²) >= 11 is 0. The zero-order chi connectivity index (χ0) is 23.3. The van der Waals surface area contributed by atoms with Crippen LogP contribution in [0.1, 0.15) is 45.2 Å². The summed E-state index contributed by atoms with van der Waals surface area (Å²) < 4.78 is 25.4. The number of fused-ring (bicyclic) bond motifs is 1. The van der Waals surface area contributed by atoms with Crippen LogP contribution in [0.4, 0.5) is 4.39 Å². The van der Waals surface area contributed by atoms with Gasteiger partial charge in [-0.2, -0.15) is 0 Å². The van der Waals surface area contributed by atoms with Gasteiger partial charge in [-0.15, -0.1) is 0 Å². The zero-order valence-electron chi connectivity index (χ0n) is 19.1. The van der Waals surface area contributed by atoms with Crippen molar-refractivity contribution in [2.45, 2.75) is 58.7 Å². The summed E-state index contributed by atoms with van der Waals surface area (Å²) in [4.78, 5) is 27.4. The molecule has 6 nitrogen and oxygen atoms in total. The molecule has 1 heterocycles. The number of halogens is 1. The molecule has 0 aliphatic carbocycles. The van der Waals surface area contributed by atoms with Crippen molar-refractivity contribution in [2.75, 3.05) is 13.2 Å². The van der Waals surface area contributed by atoms with Crippen molar-refractivity contribution in [3.8, 4) is 11.5 Å². The minimum Gasteiger partial charge on any atom is -0.486 e. The predicted molar refractivity (Wildman–Crippen MR) is 120 cm³/mol. The number of carbonyl (C=O) groups is 2. The second kappa shape index (κ2) is 10.0. The number of aryl methyl sites for hydroxylation is 1. The van der Waals surface area contributed by atoms with Crippen LogP contribution in [0.2, 0.25) is 0 Å². The van der Waals surface area contributed by atoms with Gasteiger partial charge in [-0.25, -0.2) is 4.39 Å². The topological polar surface area (TPSA) is 67.9 Å². The Morgan fingerprint density at radius 3 is 2.47 bits per heavy atom. The number of ether oxygens (including phenoxy) is 2. The summed E-state index contributed by atoms with van der Waals surface area (Å²) in [7, 11) is 0. The maximum absolute atomic E-state index is 14.3. The number of carbonyl (C=O) groups excluding carboxylic acids is 2. The minimum atomic E-state index is -0.749. The number of nitrogens with zero attached hydrogens (tertiary/aromatic N) is 1. The summed E-state index contributed by atoms with van der Waals surface area (Å²) in [6, 6.07) is 11.2. The Kier molecular flexibility index (Phi) is 7.38. The Labute approximate surface area is 188 Å². The van der Waals surface area contributed by atoms with Gasteiger partial charge < -0.3 is 19.7 Å². The first kappa shape index (κ1) is 23.6. The lowest BCUT2D eigenvalue weighted by atomic mass is 10.1. The molecule has 2 aromatic carbocycles. The number of hydrogen-bond donors (Lipinski definition) is 1. The zero-order valence-corrected chi connectivity index (χ0v) is 19.1. The molecule has 1 aliphatic heterocycles. The van der Waals surface area contributed by atoms with Crippen molar-refractivity contribution in [2.24, 2.45) is 0 Å². The highest BCUT2D eigenvalue weighted by atomic mass is 19.1.